The molecule has 148 valence electrons. The number of rotatable bonds is 4. The third-order valence-electron chi connectivity index (χ3n) is 5.08. The molecule has 2 aromatic carbocycles. The van der Waals surface area contributed by atoms with E-state index >= 15 is 0 Å². The van der Waals surface area contributed by atoms with Crippen LogP contribution >= 0.6 is 11.8 Å². The number of pyridine rings is 1. The number of benzene rings is 2. The molecular formula is C23H19N5OS. The summed E-state index contributed by atoms with van der Waals surface area (Å²) in [4.78, 5) is 17.0. The van der Waals surface area contributed by atoms with Gasteiger partial charge in [-0.15, -0.1) is 10.2 Å². The maximum Gasteiger partial charge on any atom is 0.237 e. The fourth-order valence-corrected chi connectivity index (χ4v) is 4.62. The van der Waals surface area contributed by atoms with Crippen LogP contribution in [0.5, 0.6) is 0 Å². The second-order valence-corrected chi connectivity index (χ2v) is 8.17. The third kappa shape index (κ3) is 3.59. The van der Waals surface area contributed by atoms with Crippen LogP contribution in [0.4, 0.5) is 5.69 Å². The summed E-state index contributed by atoms with van der Waals surface area (Å²) < 4.78 is 2.01. The van der Waals surface area contributed by atoms with Gasteiger partial charge in [0, 0.05) is 29.3 Å². The quantitative estimate of drug-likeness (QED) is 0.538. The Morgan fingerprint density at radius 3 is 2.53 bits per heavy atom. The highest BCUT2D eigenvalue weighted by Gasteiger charge is 2.27. The van der Waals surface area contributed by atoms with Crippen molar-refractivity contribution in [2.45, 2.75) is 23.2 Å². The molecule has 5 rings (SSSR count). The molecule has 0 unspecified atom stereocenters. The Kier molecular flexibility index (Phi) is 5.03. The number of carbonyl (C=O) groups is 1. The molecule has 0 bridgehead atoms. The molecular weight excluding hydrogens is 394 g/mol. The molecule has 1 atom stereocenters. The molecule has 3 heterocycles. The van der Waals surface area contributed by atoms with Gasteiger partial charge in [-0.1, -0.05) is 48.2 Å². The Morgan fingerprint density at radius 2 is 1.70 bits per heavy atom. The molecule has 0 aliphatic carbocycles. The summed E-state index contributed by atoms with van der Waals surface area (Å²) >= 11 is 1.46. The standard InChI is InChI=1S/C23H19N5OS/c29-22-20(11-10-16-6-4-5-9-19(16)25-22)30-23-27-26-21(17-12-14-24-15-13-17)28(23)18-7-2-1-3-8-18/h1-9,12-15,20H,10-11H2,(H,25,29)/t20-/m1/s1. The first kappa shape index (κ1) is 18.6. The number of para-hydroxylation sites is 2. The molecule has 6 nitrogen and oxygen atoms in total. The van der Waals surface area contributed by atoms with Crippen LogP contribution in [0.2, 0.25) is 0 Å². The first-order valence-corrected chi connectivity index (χ1v) is 10.6. The number of nitrogens with zero attached hydrogens (tertiary/aromatic N) is 4. The Bertz CT molecular complexity index is 1180. The minimum absolute atomic E-state index is 0.00183. The van der Waals surface area contributed by atoms with E-state index in [0.29, 0.717) is 5.16 Å². The summed E-state index contributed by atoms with van der Waals surface area (Å²) in [5.74, 6) is 0.724. The van der Waals surface area contributed by atoms with Gasteiger partial charge in [0.25, 0.3) is 0 Å². The number of fused-ring (bicyclic) bond motifs is 1. The van der Waals surface area contributed by atoms with Gasteiger partial charge in [-0.3, -0.25) is 14.3 Å². The molecule has 0 fully saturated rings. The summed E-state index contributed by atoms with van der Waals surface area (Å²) in [5, 5.41) is 12.4. The summed E-state index contributed by atoms with van der Waals surface area (Å²) in [6.45, 7) is 0. The third-order valence-corrected chi connectivity index (χ3v) is 6.29. The topological polar surface area (TPSA) is 72.7 Å². The maximum absolute atomic E-state index is 12.9. The van der Waals surface area contributed by atoms with Gasteiger partial charge in [-0.25, -0.2) is 0 Å². The molecule has 1 N–H and O–H groups in total. The molecule has 7 heteroatoms. The zero-order valence-electron chi connectivity index (χ0n) is 16.1. The summed E-state index contributed by atoms with van der Waals surface area (Å²) in [6.07, 6.45) is 5.05. The number of carbonyl (C=O) groups excluding carboxylic acids is 1. The second-order valence-electron chi connectivity index (χ2n) is 7.00. The van der Waals surface area contributed by atoms with Crippen LogP contribution in [-0.2, 0) is 11.2 Å². The van der Waals surface area contributed by atoms with E-state index < -0.39 is 0 Å². The van der Waals surface area contributed by atoms with Crippen molar-refractivity contribution in [3.63, 3.8) is 0 Å². The molecule has 1 aliphatic rings. The monoisotopic (exact) mass is 413 g/mol. The van der Waals surface area contributed by atoms with Crippen LogP contribution in [0.15, 0.2) is 84.3 Å². The van der Waals surface area contributed by atoms with Crippen molar-refractivity contribution in [2.24, 2.45) is 0 Å². The van der Waals surface area contributed by atoms with E-state index in [2.05, 4.69) is 26.6 Å². The van der Waals surface area contributed by atoms with Crippen LogP contribution in [0.3, 0.4) is 0 Å². The van der Waals surface area contributed by atoms with Crippen molar-refractivity contribution in [2.75, 3.05) is 5.32 Å². The largest absolute Gasteiger partial charge is 0.325 e. The smallest absolute Gasteiger partial charge is 0.237 e. The van der Waals surface area contributed by atoms with Crippen LogP contribution in [0, 0.1) is 0 Å². The summed E-state index contributed by atoms with van der Waals surface area (Å²) in [7, 11) is 0. The molecule has 0 saturated heterocycles. The van der Waals surface area contributed by atoms with Crippen LogP contribution in [0.1, 0.15) is 12.0 Å². The van der Waals surface area contributed by atoms with Crippen molar-refractivity contribution in [1.29, 1.82) is 0 Å². The fraction of sp³-hybridized carbons (Fsp3) is 0.130. The Balaban J connectivity index is 1.51. The van der Waals surface area contributed by atoms with Crippen molar-refractivity contribution in [3.8, 4) is 17.1 Å². The van der Waals surface area contributed by atoms with Crippen LogP contribution < -0.4 is 5.32 Å². The van der Waals surface area contributed by atoms with E-state index in [1.165, 1.54) is 11.8 Å². The van der Waals surface area contributed by atoms with E-state index in [1.54, 1.807) is 12.4 Å². The molecule has 2 aromatic heterocycles. The van der Waals surface area contributed by atoms with Crippen LogP contribution in [-0.4, -0.2) is 30.9 Å². The number of aryl methyl sites for hydroxylation is 1. The van der Waals surface area contributed by atoms with Crippen molar-refractivity contribution >= 4 is 23.4 Å². The van der Waals surface area contributed by atoms with E-state index in [9.17, 15) is 4.79 Å². The van der Waals surface area contributed by atoms with Crippen molar-refractivity contribution in [1.82, 2.24) is 19.7 Å². The van der Waals surface area contributed by atoms with Crippen molar-refractivity contribution < 1.29 is 4.79 Å². The van der Waals surface area contributed by atoms with Gasteiger partial charge in [0.2, 0.25) is 5.91 Å². The predicted octanol–water partition coefficient (Wildman–Crippen LogP) is 4.37. The van der Waals surface area contributed by atoms with E-state index in [1.807, 2.05) is 65.2 Å². The zero-order valence-corrected chi connectivity index (χ0v) is 16.9. The van der Waals surface area contributed by atoms with Gasteiger partial charge in [-0.05, 0) is 48.7 Å². The SMILES string of the molecule is O=C1Nc2ccccc2CC[C@H]1Sc1nnc(-c2ccncc2)n1-c1ccccc1. The molecule has 0 spiro atoms. The molecule has 1 amide bonds. The molecule has 0 saturated carbocycles. The highest BCUT2D eigenvalue weighted by molar-refractivity contribution is 8.00. The first-order valence-electron chi connectivity index (χ1n) is 9.76. The van der Waals surface area contributed by atoms with Gasteiger partial charge >= 0.3 is 0 Å². The molecule has 30 heavy (non-hydrogen) atoms. The lowest BCUT2D eigenvalue weighted by Gasteiger charge is -2.14. The molecule has 4 aromatic rings. The average molecular weight is 414 g/mol. The first-order chi connectivity index (χ1) is 14.8. The fourth-order valence-electron chi connectivity index (χ4n) is 3.57. The number of thioether (sulfide) groups is 1. The number of aromatic nitrogens is 4. The van der Waals surface area contributed by atoms with Crippen molar-refractivity contribution in [3.05, 3.63) is 84.7 Å². The minimum atomic E-state index is -0.255. The number of amides is 1. The maximum atomic E-state index is 12.9. The van der Waals surface area contributed by atoms with Gasteiger partial charge < -0.3 is 5.32 Å². The van der Waals surface area contributed by atoms with Crippen LogP contribution in [0.25, 0.3) is 17.1 Å². The van der Waals surface area contributed by atoms with E-state index in [4.69, 9.17) is 0 Å². The average Bonchev–Trinajstić information content (AvgIpc) is 3.14. The Morgan fingerprint density at radius 1 is 0.933 bits per heavy atom. The zero-order chi connectivity index (χ0) is 20.3. The van der Waals surface area contributed by atoms with E-state index in [-0.39, 0.29) is 11.2 Å². The lowest BCUT2D eigenvalue weighted by Crippen LogP contribution is -2.24. The number of nitrogens with one attached hydrogen (secondary N) is 1. The normalized spacial score (nSPS) is 15.9. The lowest BCUT2D eigenvalue weighted by molar-refractivity contribution is -0.115. The summed E-state index contributed by atoms with van der Waals surface area (Å²) in [5.41, 5.74) is 3.93. The highest BCUT2D eigenvalue weighted by atomic mass is 32.2. The highest BCUT2D eigenvalue weighted by Crippen LogP contribution is 2.34. The van der Waals surface area contributed by atoms with Gasteiger partial charge in [0.1, 0.15) is 0 Å². The van der Waals surface area contributed by atoms with Gasteiger partial charge in [0.15, 0.2) is 11.0 Å². The Hall–Kier alpha value is -3.45. The number of anilines is 1. The minimum Gasteiger partial charge on any atom is -0.325 e. The predicted molar refractivity (Wildman–Crippen MR) is 118 cm³/mol. The molecule has 0 radical (unpaired) electrons. The molecule has 1 aliphatic heterocycles. The lowest BCUT2D eigenvalue weighted by atomic mass is 10.1. The van der Waals surface area contributed by atoms with Gasteiger partial charge in [-0.2, -0.15) is 0 Å². The number of hydrogen-bond donors (Lipinski definition) is 1. The summed E-state index contributed by atoms with van der Waals surface area (Å²) in [6, 6.07) is 21.8. The number of hydrogen-bond acceptors (Lipinski definition) is 5. The van der Waals surface area contributed by atoms with E-state index in [0.717, 1.165) is 41.2 Å². The Labute approximate surface area is 178 Å². The van der Waals surface area contributed by atoms with Gasteiger partial charge in [0.05, 0.1) is 5.25 Å². The second kappa shape index (κ2) is 8.12.